The minimum Gasteiger partial charge on any atom is -0.462 e. The minimum absolute atomic E-state index is 0.182. The predicted molar refractivity (Wildman–Crippen MR) is 138 cm³/mol. The van der Waals surface area contributed by atoms with E-state index < -0.39 is 35.7 Å². The van der Waals surface area contributed by atoms with Crippen molar-refractivity contribution in [2.75, 3.05) is 18.1 Å². The number of carbonyl (C=O) groups is 3. The molecule has 1 heterocycles. The molecule has 1 aromatic heterocycles. The van der Waals surface area contributed by atoms with E-state index in [0.717, 1.165) is 29.7 Å². The number of carbonyl (C=O) groups excluding carboxylic acids is 3. The molecular weight excluding hydrogens is 495 g/mol. The number of esters is 2. The molecule has 0 spiro atoms. The Hall–Kier alpha value is -3.59. The molecule has 1 amide bonds. The van der Waals surface area contributed by atoms with E-state index in [-0.39, 0.29) is 13.2 Å². The van der Waals surface area contributed by atoms with Gasteiger partial charge in [0.05, 0.1) is 24.3 Å². The molecule has 4 rings (SSSR count). The Labute approximate surface area is 219 Å². The first-order valence-electron chi connectivity index (χ1n) is 12.3. The van der Waals surface area contributed by atoms with Gasteiger partial charge in [-0.25, -0.2) is 14.2 Å². The Morgan fingerprint density at radius 1 is 1.05 bits per heavy atom. The Bertz CT molecular complexity index is 1270. The lowest BCUT2D eigenvalue weighted by molar-refractivity contribution is -0.153. The van der Waals surface area contributed by atoms with Crippen molar-refractivity contribution in [3.8, 4) is 0 Å². The largest absolute Gasteiger partial charge is 0.462 e. The first-order chi connectivity index (χ1) is 17.8. The Kier molecular flexibility index (Phi) is 8.33. The molecule has 0 N–H and O–H groups in total. The monoisotopic (exact) mass is 524 g/mol. The van der Waals surface area contributed by atoms with E-state index in [2.05, 4.69) is 4.98 Å². The number of hydrogen-bond acceptors (Lipinski definition) is 7. The zero-order valence-electron chi connectivity index (χ0n) is 20.9. The molecule has 0 saturated heterocycles. The molecule has 7 nitrogen and oxygen atoms in total. The number of amides is 1. The van der Waals surface area contributed by atoms with Crippen LogP contribution < -0.4 is 4.90 Å². The number of thiazole rings is 1. The molecule has 3 aromatic rings. The van der Waals surface area contributed by atoms with Crippen molar-refractivity contribution in [1.29, 1.82) is 0 Å². The normalized spacial score (nSPS) is 14.2. The second kappa shape index (κ2) is 11.6. The van der Waals surface area contributed by atoms with Gasteiger partial charge in [-0.15, -0.1) is 0 Å². The second-order valence-corrected chi connectivity index (χ2v) is 9.95. The molecule has 9 heteroatoms. The molecule has 1 fully saturated rings. The van der Waals surface area contributed by atoms with Crippen LogP contribution in [-0.2, 0) is 31.0 Å². The summed E-state index contributed by atoms with van der Waals surface area (Å²) in [6, 6.07) is 15.3. The van der Waals surface area contributed by atoms with Gasteiger partial charge in [-0.2, -0.15) is 0 Å². The molecule has 1 saturated carbocycles. The standard InChI is InChI=1S/C28H29FN2O5S/c1-3-35-25(33)24-19(2)30-27(37-24)31(17-20-10-5-4-6-11-20)23(32)18-36-26(34)28(14-7-8-15-28)21-12-9-13-22(29)16-21/h4-6,9-13,16H,3,7-8,14-15,17-18H2,1-2H3. The molecule has 0 bridgehead atoms. The maximum absolute atomic E-state index is 14.0. The van der Waals surface area contributed by atoms with Gasteiger partial charge in [0.15, 0.2) is 11.7 Å². The number of aryl methyl sites for hydroxylation is 1. The molecular formula is C28H29FN2O5S. The molecule has 0 unspecified atom stereocenters. The average molecular weight is 525 g/mol. The number of nitrogens with zero attached hydrogens (tertiary/aromatic N) is 2. The Morgan fingerprint density at radius 3 is 2.46 bits per heavy atom. The molecule has 194 valence electrons. The van der Waals surface area contributed by atoms with Crippen molar-refractivity contribution in [3.05, 3.63) is 82.1 Å². The van der Waals surface area contributed by atoms with E-state index in [1.165, 1.54) is 17.0 Å². The lowest BCUT2D eigenvalue weighted by atomic mass is 9.79. The van der Waals surface area contributed by atoms with Gasteiger partial charge in [-0.05, 0) is 49.9 Å². The summed E-state index contributed by atoms with van der Waals surface area (Å²) in [4.78, 5) is 45.3. The van der Waals surface area contributed by atoms with Crippen molar-refractivity contribution < 1.29 is 28.2 Å². The summed E-state index contributed by atoms with van der Waals surface area (Å²) in [5.74, 6) is -1.93. The van der Waals surface area contributed by atoms with Crippen LogP contribution in [0.5, 0.6) is 0 Å². The highest BCUT2D eigenvalue weighted by Crippen LogP contribution is 2.42. The van der Waals surface area contributed by atoms with Gasteiger partial charge in [-0.1, -0.05) is 66.6 Å². The highest BCUT2D eigenvalue weighted by molar-refractivity contribution is 7.17. The molecule has 37 heavy (non-hydrogen) atoms. The van der Waals surface area contributed by atoms with Gasteiger partial charge in [0.25, 0.3) is 5.91 Å². The van der Waals surface area contributed by atoms with Gasteiger partial charge in [0.1, 0.15) is 10.7 Å². The smallest absolute Gasteiger partial charge is 0.350 e. The van der Waals surface area contributed by atoms with Gasteiger partial charge in [-0.3, -0.25) is 14.5 Å². The van der Waals surface area contributed by atoms with E-state index in [1.807, 2.05) is 30.3 Å². The van der Waals surface area contributed by atoms with Crippen LogP contribution in [0, 0.1) is 12.7 Å². The van der Waals surface area contributed by atoms with Gasteiger partial charge in [0.2, 0.25) is 0 Å². The molecule has 0 radical (unpaired) electrons. The fraction of sp³-hybridized carbons (Fsp3) is 0.357. The number of rotatable bonds is 9. The lowest BCUT2D eigenvalue weighted by Crippen LogP contribution is -2.39. The number of benzene rings is 2. The number of aromatic nitrogens is 1. The lowest BCUT2D eigenvalue weighted by Gasteiger charge is -2.28. The SMILES string of the molecule is CCOC(=O)c1sc(N(Cc2ccccc2)C(=O)COC(=O)C2(c3cccc(F)c3)CCCC2)nc1C. The molecule has 0 atom stereocenters. The van der Waals surface area contributed by atoms with Crippen LogP contribution in [0.3, 0.4) is 0 Å². The van der Waals surface area contributed by atoms with Crippen molar-refractivity contribution in [3.63, 3.8) is 0 Å². The zero-order valence-corrected chi connectivity index (χ0v) is 21.7. The van der Waals surface area contributed by atoms with E-state index in [0.29, 0.717) is 34.1 Å². The van der Waals surface area contributed by atoms with Crippen LogP contribution in [0.2, 0.25) is 0 Å². The Morgan fingerprint density at radius 2 is 1.78 bits per heavy atom. The van der Waals surface area contributed by atoms with Crippen molar-refractivity contribution in [2.24, 2.45) is 0 Å². The summed E-state index contributed by atoms with van der Waals surface area (Å²) in [6.07, 6.45) is 2.70. The van der Waals surface area contributed by atoms with E-state index in [9.17, 15) is 18.8 Å². The van der Waals surface area contributed by atoms with Gasteiger partial charge >= 0.3 is 11.9 Å². The topological polar surface area (TPSA) is 85.8 Å². The quantitative estimate of drug-likeness (QED) is 0.351. The maximum Gasteiger partial charge on any atom is 0.350 e. The summed E-state index contributed by atoms with van der Waals surface area (Å²) in [6.45, 7) is 3.30. The number of hydrogen-bond donors (Lipinski definition) is 0. The van der Waals surface area contributed by atoms with Crippen LogP contribution in [0.4, 0.5) is 9.52 Å². The van der Waals surface area contributed by atoms with Crippen molar-refractivity contribution >= 4 is 34.3 Å². The summed E-state index contributed by atoms with van der Waals surface area (Å²) < 4.78 is 24.6. The first kappa shape index (κ1) is 26.5. The summed E-state index contributed by atoms with van der Waals surface area (Å²) in [5.41, 5.74) is 0.900. The third-order valence-corrected chi connectivity index (χ3v) is 7.67. The summed E-state index contributed by atoms with van der Waals surface area (Å²) in [7, 11) is 0. The van der Waals surface area contributed by atoms with E-state index in [1.54, 1.807) is 26.0 Å². The fourth-order valence-electron chi connectivity index (χ4n) is 4.63. The third-order valence-electron chi connectivity index (χ3n) is 6.51. The fourth-order valence-corrected chi connectivity index (χ4v) is 5.61. The predicted octanol–water partition coefficient (Wildman–Crippen LogP) is 5.36. The van der Waals surface area contributed by atoms with Crippen molar-refractivity contribution in [1.82, 2.24) is 4.98 Å². The van der Waals surface area contributed by atoms with E-state index in [4.69, 9.17) is 9.47 Å². The maximum atomic E-state index is 14.0. The first-order valence-corrected chi connectivity index (χ1v) is 13.1. The molecule has 2 aromatic carbocycles. The second-order valence-electron chi connectivity index (χ2n) is 8.97. The van der Waals surface area contributed by atoms with Crippen LogP contribution in [-0.4, -0.2) is 36.0 Å². The van der Waals surface area contributed by atoms with Crippen LogP contribution in [0.25, 0.3) is 0 Å². The van der Waals surface area contributed by atoms with Crippen LogP contribution in [0.1, 0.15) is 59.1 Å². The summed E-state index contributed by atoms with van der Waals surface area (Å²) in [5, 5.41) is 0.311. The molecule has 1 aliphatic rings. The number of anilines is 1. The minimum atomic E-state index is -0.971. The van der Waals surface area contributed by atoms with Crippen molar-refractivity contribution in [2.45, 2.75) is 51.5 Å². The van der Waals surface area contributed by atoms with Gasteiger partial charge < -0.3 is 9.47 Å². The Balaban J connectivity index is 1.56. The van der Waals surface area contributed by atoms with Crippen LogP contribution in [0.15, 0.2) is 54.6 Å². The van der Waals surface area contributed by atoms with Gasteiger partial charge in [0, 0.05) is 0 Å². The summed E-state index contributed by atoms with van der Waals surface area (Å²) >= 11 is 1.06. The number of halogens is 1. The highest BCUT2D eigenvalue weighted by atomic mass is 32.1. The van der Waals surface area contributed by atoms with Crippen LogP contribution >= 0.6 is 11.3 Å². The molecule has 1 aliphatic carbocycles. The van der Waals surface area contributed by atoms with E-state index >= 15 is 0 Å². The zero-order chi connectivity index (χ0) is 26.4. The average Bonchev–Trinajstić information content (AvgIpc) is 3.54. The highest BCUT2D eigenvalue weighted by Gasteiger charge is 2.44. The molecule has 0 aliphatic heterocycles. The number of ether oxygens (including phenoxy) is 2. The third kappa shape index (κ3) is 5.88.